The molecule has 0 aliphatic rings. The number of carbonyl (C=O) groups excluding carboxylic acids is 2. The minimum Gasteiger partial charge on any atom is -0.484 e. The van der Waals surface area contributed by atoms with Crippen LogP contribution in [-0.4, -0.2) is 18.5 Å². The van der Waals surface area contributed by atoms with Crippen LogP contribution in [0.3, 0.4) is 0 Å². The molecule has 0 aromatic heterocycles. The maximum atomic E-state index is 11.0. The Bertz CT molecular complexity index is 381. The molecular formula is C9H9BrN2O3. The number of primary amides is 1. The van der Waals surface area contributed by atoms with Crippen molar-refractivity contribution in [1.29, 1.82) is 0 Å². The lowest BCUT2D eigenvalue weighted by Gasteiger charge is -2.05. The van der Waals surface area contributed by atoms with E-state index in [-0.39, 0.29) is 6.61 Å². The Balaban J connectivity index is 2.43. The van der Waals surface area contributed by atoms with Crippen LogP contribution in [0.2, 0.25) is 0 Å². The molecule has 1 rings (SSSR count). The van der Waals surface area contributed by atoms with E-state index in [0.717, 1.165) is 4.47 Å². The number of benzene rings is 1. The van der Waals surface area contributed by atoms with Crippen molar-refractivity contribution in [3.8, 4) is 5.75 Å². The van der Waals surface area contributed by atoms with Crippen LogP contribution in [0.15, 0.2) is 28.7 Å². The Morgan fingerprint density at radius 2 is 2.20 bits per heavy atom. The van der Waals surface area contributed by atoms with Crippen molar-refractivity contribution >= 4 is 27.9 Å². The summed E-state index contributed by atoms with van der Waals surface area (Å²) < 4.78 is 5.94. The van der Waals surface area contributed by atoms with Gasteiger partial charge >= 0.3 is 6.03 Å². The molecule has 0 aliphatic heterocycles. The van der Waals surface area contributed by atoms with E-state index >= 15 is 0 Å². The molecule has 1 aromatic rings. The average molecular weight is 273 g/mol. The third kappa shape index (κ3) is 4.46. The highest BCUT2D eigenvalue weighted by Crippen LogP contribution is 2.17. The maximum absolute atomic E-state index is 11.0. The fraction of sp³-hybridized carbons (Fsp3) is 0.111. The number of urea groups is 1. The van der Waals surface area contributed by atoms with Gasteiger partial charge in [-0.3, -0.25) is 10.1 Å². The van der Waals surface area contributed by atoms with Crippen LogP contribution in [-0.2, 0) is 4.79 Å². The summed E-state index contributed by atoms with van der Waals surface area (Å²) in [5.74, 6) is -0.0496. The summed E-state index contributed by atoms with van der Waals surface area (Å²) in [7, 11) is 0. The molecule has 0 spiro atoms. The van der Waals surface area contributed by atoms with E-state index in [1.54, 1.807) is 18.2 Å². The van der Waals surface area contributed by atoms with Crippen molar-refractivity contribution in [3.05, 3.63) is 28.7 Å². The molecule has 0 saturated carbocycles. The van der Waals surface area contributed by atoms with Crippen molar-refractivity contribution in [3.63, 3.8) is 0 Å². The number of rotatable bonds is 3. The smallest absolute Gasteiger partial charge is 0.318 e. The molecule has 0 radical (unpaired) electrons. The van der Waals surface area contributed by atoms with Gasteiger partial charge in [-0.15, -0.1) is 0 Å². The highest BCUT2D eigenvalue weighted by atomic mass is 79.9. The number of hydrogen-bond donors (Lipinski definition) is 2. The van der Waals surface area contributed by atoms with E-state index in [1.807, 2.05) is 11.4 Å². The summed E-state index contributed by atoms with van der Waals surface area (Å²) in [6, 6.07) is 6.11. The number of imide groups is 1. The van der Waals surface area contributed by atoms with Crippen LogP contribution >= 0.6 is 15.9 Å². The molecule has 0 fully saturated rings. The number of nitrogens with one attached hydrogen (secondary N) is 1. The van der Waals surface area contributed by atoms with E-state index in [9.17, 15) is 9.59 Å². The fourth-order valence-electron chi connectivity index (χ4n) is 0.879. The summed E-state index contributed by atoms with van der Waals surface area (Å²) >= 11 is 3.25. The van der Waals surface area contributed by atoms with Gasteiger partial charge in [0, 0.05) is 4.47 Å². The molecule has 0 atom stereocenters. The third-order valence-corrected chi connectivity index (χ3v) is 1.92. The van der Waals surface area contributed by atoms with E-state index in [1.165, 1.54) is 0 Å². The molecule has 0 saturated heterocycles. The van der Waals surface area contributed by atoms with Crippen LogP contribution < -0.4 is 15.8 Å². The van der Waals surface area contributed by atoms with Gasteiger partial charge in [0.2, 0.25) is 0 Å². The molecule has 0 heterocycles. The third-order valence-electron chi connectivity index (χ3n) is 1.43. The van der Waals surface area contributed by atoms with E-state index in [4.69, 9.17) is 10.5 Å². The van der Waals surface area contributed by atoms with E-state index in [0.29, 0.717) is 5.75 Å². The second-order valence-electron chi connectivity index (χ2n) is 2.66. The Morgan fingerprint density at radius 1 is 1.47 bits per heavy atom. The largest absolute Gasteiger partial charge is 0.484 e. The SMILES string of the molecule is NC(=O)NC(=O)COc1cccc(Br)c1. The quantitative estimate of drug-likeness (QED) is 0.862. The van der Waals surface area contributed by atoms with Gasteiger partial charge < -0.3 is 10.5 Å². The number of ether oxygens (including phenoxy) is 1. The maximum Gasteiger partial charge on any atom is 0.318 e. The normalized spacial score (nSPS) is 9.40. The van der Waals surface area contributed by atoms with Crippen molar-refractivity contribution in [2.75, 3.05) is 6.61 Å². The minimum atomic E-state index is -0.891. The lowest BCUT2D eigenvalue weighted by Crippen LogP contribution is -2.38. The number of hydrogen-bond acceptors (Lipinski definition) is 3. The molecule has 3 N–H and O–H groups in total. The molecule has 3 amide bonds. The van der Waals surface area contributed by atoms with Crippen LogP contribution in [0.5, 0.6) is 5.75 Å². The summed E-state index contributed by atoms with van der Waals surface area (Å²) in [6.45, 7) is -0.251. The van der Waals surface area contributed by atoms with Gasteiger partial charge in [-0.25, -0.2) is 4.79 Å². The summed E-state index contributed by atoms with van der Waals surface area (Å²) in [6.07, 6.45) is 0. The predicted molar refractivity (Wildman–Crippen MR) is 57.4 cm³/mol. The number of carbonyl (C=O) groups is 2. The zero-order chi connectivity index (χ0) is 11.3. The Labute approximate surface area is 94.7 Å². The van der Waals surface area contributed by atoms with Crippen molar-refractivity contribution in [2.45, 2.75) is 0 Å². The van der Waals surface area contributed by atoms with Gasteiger partial charge in [0.1, 0.15) is 5.75 Å². The van der Waals surface area contributed by atoms with Gasteiger partial charge in [0.15, 0.2) is 6.61 Å². The highest BCUT2D eigenvalue weighted by Gasteiger charge is 2.04. The zero-order valence-corrected chi connectivity index (χ0v) is 9.28. The predicted octanol–water partition coefficient (Wildman–Crippen LogP) is 1.02. The van der Waals surface area contributed by atoms with Crippen LogP contribution in [0, 0.1) is 0 Å². The number of halogens is 1. The van der Waals surface area contributed by atoms with Crippen molar-refractivity contribution in [1.82, 2.24) is 5.32 Å². The Kier molecular flexibility index (Phi) is 4.11. The van der Waals surface area contributed by atoms with Gasteiger partial charge in [0.05, 0.1) is 0 Å². The van der Waals surface area contributed by atoms with E-state index in [2.05, 4.69) is 15.9 Å². The summed E-state index contributed by atoms with van der Waals surface area (Å²) in [5, 5.41) is 1.89. The first-order valence-corrected chi connectivity index (χ1v) is 4.85. The zero-order valence-electron chi connectivity index (χ0n) is 7.70. The molecule has 0 unspecified atom stereocenters. The molecule has 0 bridgehead atoms. The lowest BCUT2D eigenvalue weighted by atomic mass is 10.3. The number of amides is 3. The van der Waals surface area contributed by atoms with Gasteiger partial charge in [0.25, 0.3) is 5.91 Å². The second-order valence-corrected chi connectivity index (χ2v) is 3.57. The first kappa shape index (κ1) is 11.5. The van der Waals surface area contributed by atoms with Crippen LogP contribution in [0.1, 0.15) is 0 Å². The Morgan fingerprint density at radius 3 is 2.80 bits per heavy atom. The van der Waals surface area contributed by atoms with Crippen LogP contribution in [0.25, 0.3) is 0 Å². The summed E-state index contributed by atoms with van der Waals surface area (Å²) in [5.41, 5.74) is 4.75. The minimum absolute atomic E-state index is 0.251. The second kappa shape index (κ2) is 5.35. The molecular weight excluding hydrogens is 264 g/mol. The molecule has 5 nitrogen and oxygen atoms in total. The molecule has 6 heteroatoms. The van der Waals surface area contributed by atoms with Gasteiger partial charge in [-0.2, -0.15) is 0 Å². The standard InChI is InChI=1S/C9H9BrN2O3/c10-6-2-1-3-7(4-6)15-5-8(13)12-9(11)14/h1-4H,5H2,(H3,11,12,13,14). The Hall–Kier alpha value is -1.56. The highest BCUT2D eigenvalue weighted by molar-refractivity contribution is 9.10. The first-order chi connectivity index (χ1) is 7.08. The molecule has 80 valence electrons. The molecule has 1 aromatic carbocycles. The number of nitrogens with two attached hydrogens (primary N) is 1. The van der Waals surface area contributed by atoms with Crippen molar-refractivity contribution < 1.29 is 14.3 Å². The van der Waals surface area contributed by atoms with Gasteiger partial charge in [-0.05, 0) is 18.2 Å². The van der Waals surface area contributed by atoms with E-state index < -0.39 is 11.9 Å². The van der Waals surface area contributed by atoms with Crippen LogP contribution in [0.4, 0.5) is 4.79 Å². The molecule has 15 heavy (non-hydrogen) atoms. The first-order valence-electron chi connectivity index (χ1n) is 4.05. The van der Waals surface area contributed by atoms with Crippen molar-refractivity contribution in [2.24, 2.45) is 5.73 Å². The average Bonchev–Trinajstić information content (AvgIpc) is 2.14. The molecule has 0 aliphatic carbocycles. The van der Waals surface area contributed by atoms with Gasteiger partial charge in [-0.1, -0.05) is 22.0 Å². The lowest BCUT2D eigenvalue weighted by molar-refractivity contribution is -0.121. The topological polar surface area (TPSA) is 81.4 Å². The summed E-state index contributed by atoms with van der Waals surface area (Å²) in [4.78, 5) is 21.3. The fourth-order valence-corrected chi connectivity index (χ4v) is 1.26. The monoisotopic (exact) mass is 272 g/mol.